The maximum absolute atomic E-state index is 12.8. The number of benzene rings is 1. The average molecular weight is 409 g/mol. The van der Waals surface area contributed by atoms with Crippen LogP contribution in [-0.4, -0.2) is 34.4 Å². The minimum absolute atomic E-state index is 0.00196. The van der Waals surface area contributed by atoms with E-state index in [0.29, 0.717) is 24.4 Å². The second-order valence-corrected chi connectivity index (χ2v) is 7.38. The summed E-state index contributed by atoms with van der Waals surface area (Å²) in [7, 11) is 0. The lowest BCUT2D eigenvalue weighted by atomic mass is 10.2. The number of halogens is 1. The molecule has 0 unspecified atom stereocenters. The Balaban J connectivity index is 1.74. The molecule has 1 fully saturated rings. The van der Waals surface area contributed by atoms with Gasteiger partial charge in [0.2, 0.25) is 0 Å². The van der Waals surface area contributed by atoms with Gasteiger partial charge in [-0.05, 0) is 44.0 Å². The SMILES string of the molecule is CCOC(=O)c1csc(CN(C(=O)c2ccc(Br)cc2)C2CC2)n1. The predicted octanol–water partition coefficient (Wildman–Crippen LogP) is 3.89. The van der Waals surface area contributed by atoms with Crippen molar-refractivity contribution in [3.05, 3.63) is 50.4 Å². The van der Waals surface area contributed by atoms with E-state index in [0.717, 1.165) is 22.3 Å². The van der Waals surface area contributed by atoms with Crippen LogP contribution < -0.4 is 0 Å². The van der Waals surface area contributed by atoms with Crippen molar-refractivity contribution in [3.8, 4) is 0 Å². The highest BCUT2D eigenvalue weighted by molar-refractivity contribution is 9.10. The van der Waals surface area contributed by atoms with E-state index in [1.807, 2.05) is 29.2 Å². The molecule has 0 aliphatic heterocycles. The summed E-state index contributed by atoms with van der Waals surface area (Å²) in [6.45, 7) is 2.50. The van der Waals surface area contributed by atoms with Gasteiger partial charge >= 0.3 is 5.97 Å². The number of carbonyl (C=O) groups excluding carboxylic acids is 2. The lowest BCUT2D eigenvalue weighted by Gasteiger charge is -2.21. The lowest BCUT2D eigenvalue weighted by Crippen LogP contribution is -2.32. The van der Waals surface area contributed by atoms with Crippen molar-refractivity contribution in [3.63, 3.8) is 0 Å². The van der Waals surface area contributed by atoms with Gasteiger partial charge in [-0.1, -0.05) is 15.9 Å². The summed E-state index contributed by atoms with van der Waals surface area (Å²) in [5.41, 5.74) is 0.968. The van der Waals surface area contributed by atoms with Crippen LogP contribution in [0.15, 0.2) is 34.1 Å². The third-order valence-corrected chi connectivity index (χ3v) is 5.04. The van der Waals surface area contributed by atoms with Crippen molar-refractivity contribution >= 4 is 39.1 Å². The van der Waals surface area contributed by atoms with Crippen LogP contribution in [0.5, 0.6) is 0 Å². The monoisotopic (exact) mass is 408 g/mol. The summed E-state index contributed by atoms with van der Waals surface area (Å²) in [6.07, 6.45) is 2.02. The van der Waals surface area contributed by atoms with Crippen molar-refractivity contribution in [2.24, 2.45) is 0 Å². The van der Waals surface area contributed by atoms with Crippen molar-refractivity contribution in [2.75, 3.05) is 6.61 Å². The summed E-state index contributed by atoms with van der Waals surface area (Å²) >= 11 is 4.76. The molecule has 7 heteroatoms. The van der Waals surface area contributed by atoms with Crippen LogP contribution in [0.4, 0.5) is 0 Å². The zero-order valence-corrected chi connectivity index (χ0v) is 15.6. The number of hydrogen-bond donors (Lipinski definition) is 0. The number of nitrogens with zero attached hydrogens (tertiary/aromatic N) is 2. The summed E-state index contributed by atoms with van der Waals surface area (Å²) in [4.78, 5) is 30.7. The number of thiazole rings is 1. The van der Waals surface area contributed by atoms with Crippen LogP contribution in [0, 0.1) is 0 Å². The van der Waals surface area contributed by atoms with E-state index < -0.39 is 5.97 Å². The Hall–Kier alpha value is -1.73. The van der Waals surface area contributed by atoms with E-state index in [1.54, 1.807) is 12.3 Å². The highest BCUT2D eigenvalue weighted by Crippen LogP contribution is 2.30. The fourth-order valence-corrected chi connectivity index (χ4v) is 3.36. The molecule has 5 nitrogen and oxygen atoms in total. The Morgan fingerprint density at radius 3 is 2.67 bits per heavy atom. The minimum Gasteiger partial charge on any atom is -0.461 e. The van der Waals surface area contributed by atoms with Gasteiger partial charge in [0.1, 0.15) is 5.01 Å². The van der Waals surface area contributed by atoms with E-state index in [-0.39, 0.29) is 11.9 Å². The van der Waals surface area contributed by atoms with Crippen LogP contribution in [-0.2, 0) is 11.3 Å². The normalized spacial score (nSPS) is 13.6. The van der Waals surface area contributed by atoms with Crippen molar-refractivity contribution in [2.45, 2.75) is 32.4 Å². The molecule has 1 aliphatic carbocycles. The molecular formula is C17H17BrN2O3S. The van der Waals surface area contributed by atoms with Crippen LogP contribution in [0.25, 0.3) is 0 Å². The molecule has 1 amide bonds. The van der Waals surface area contributed by atoms with Gasteiger partial charge < -0.3 is 9.64 Å². The zero-order valence-electron chi connectivity index (χ0n) is 13.2. The smallest absolute Gasteiger partial charge is 0.357 e. The maximum atomic E-state index is 12.8. The van der Waals surface area contributed by atoms with Crippen LogP contribution >= 0.6 is 27.3 Å². The van der Waals surface area contributed by atoms with Crippen LogP contribution in [0.2, 0.25) is 0 Å². The second kappa shape index (κ2) is 7.44. The van der Waals surface area contributed by atoms with Crippen molar-refractivity contribution < 1.29 is 14.3 Å². The molecule has 0 bridgehead atoms. The standard InChI is InChI=1S/C17H17BrN2O3S/c1-2-23-17(22)14-10-24-15(19-14)9-20(13-7-8-13)16(21)11-3-5-12(18)6-4-11/h3-6,10,13H,2,7-9H2,1H3. The van der Waals surface area contributed by atoms with Gasteiger partial charge in [0.05, 0.1) is 13.2 Å². The Labute approximate surface area is 152 Å². The first kappa shape index (κ1) is 17.1. The van der Waals surface area contributed by atoms with E-state index in [4.69, 9.17) is 4.74 Å². The molecule has 1 aromatic carbocycles. The molecule has 1 aliphatic rings. The molecule has 24 heavy (non-hydrogen) atoms. The largest absolute Gasteiger partial charge is 0.461 e. The summed E-state index contributed by atoms with van der Waals surface area (Å²) < 4.78 is 5.90. The summed E-state index contributed by atoms with van der Waals surface area (Å²) in [5, 5.41) is 2.43. The lowest BCUT2D eigenvalue weighted by molar-refractivity contribution is 0.0520. The van der Waals surface area contributed by atoms with Crippen LogP contribution in [0.3, 0.4) is 0 Å². The molecule has 0 saturated heterocycles. The Kier molecular flexibility index (Phi) is 5.30. The maximum Gasteiger partial charge on any atom is 0.357 e. The second-order valence-electron chi connectivity index (χ2n) is 5.52. The first-order chi connectivity index (χ1) is 11.6. The molecule has 0 atom stereocenters. The molecule has 3 rings (SSSR count). The molecule has 126 valence electrons. The number of carbonyl (C=O) groups is 2. The number of amides is 1. The number of ether oxygens (including phenoxy) is 1. The minimum atomic E-state index is -0.419. The molecule has 2 aromatic rings. The Morgan fingerprint density at radius 2 is 2.04 bits per heavy atom. The van der Waals surface area contributed by atoms with E-state index >= 15 is 0 Å². The first-order valence-corrected chi connectivity index (χ1v) is 9.43. The highest BCUT2D eigenvalue weighted by Gasteiger charge is 2.33. The Morgan fingerprint density at radius 1 is 1.33 bits per heavy atom. The summed E-state index contributed by atoms with van der Waals surface area (Å²) in [5.74, 6) is -0.421. The molecule has 0 N–H and O–H groups in total. The molecule has 1 heterocycles. The average Bonchev–Trinajstić information content (AvgIpc) is 3.31. The number of esters is 1. The first-order valence-electron chi connectivity index (χ1n) is 7.76. The van der Waals surface area contributed by atoms with Gasteiger partial charge in [0, 0.05) is 21.5 Å². The number of rotatable bonds is 6. The molecular weight excluding hydrogens is 392 g/mol. The number of aromatic nitrogens is 1. The Bertz CT molecular complexity index is 741. The van der Waals surface area contributed by atoms with E-state index in [2.05, 4.69) is 20.9 Å². The van der Waals surface area contributed by atoms with Gasteiger partial charge in [-0.15, -0.1) is 11.3 Å². The van der Waals surface area contributed by atoms with Gasteiger partial charge in [-0.2, -0.15) is 0 Å². The van der Waals surface area contributed by atoms with Crippen molar-refractivity contribution in [1.29, 1.82) is 0 Å². The highest BCUT2D eigenvalue weighted by atomic mass is 79.9. The van der Waals surface area contributed by atoms with Gasteiger partial charge in [-0.3, -0.25) is 4.79 Å². The van der Waals surface area contributed by atoms with E-state index in [1.165, 1.54) is 11.3 Å². The third kappa shape index (κ3) is 4.02. The molecule has 1 aromatic heterocycles. The van der Waals surface area contributed by atoms with Gasteiger partial charge in [-0.25, -0.2) is 9.78 Å². The van der Waals surface area contributed by atoms with Crippen molar-refractivity contribution in [1.82, 2.24) is 9.88 Å². The topological polar surface area (TPSA) is 59.5 Å². The number of hydrogen-bond acceptors (Lipinski definition) is 5. The fraction of sp³-hybridized carbons (Fsp3) is 0.353. The predicted molar refractivity (Wildman–Crippen MR) is 95.1 cm³/mol. The molecule has 0 spiro atoms. The van der Waals surface area contributed by atoms with Crippen LogP contribution in [0.1, 0.15) is 45.6 Å². The zero-order chi connectivity index (χ0) is 17.1. The van der Waals surface area contributed by atoms with Gasteiger partial charge in [0.25, 0.3) is 5.91 Å². The quantitative estimate of drug-likeness (QED) is 0.680. The molecule has 1 saturated carbocycles. The van der Waals surface area contributed by atoms with Gasteiger partial charge in [0.15, 0.2) is 5.69 Å². The fourth-order valence-electron chi connectivity index (χ4n) is 2.34. The third-order valence-electron chi connectivity index (χ3n) is 3.68. The van der Waals surface area contributed by atoms with E-state index in [9.17, 15) is 9.59 Å². The summed E-state index contributed by atoms with van der Waals surface area (Å²) in [6, 6.07) is 7.61. The molecule has 0 radical (unpaired) electrons.